The van der Waals surface area contributed by atoms with E-state index in [-0.39, 0.29) is 19.2 Å². The third kappa shape index (κ3) is 29.0. The predicted octanol–water partition coefficient (Wildman–Crippen LogP) is 2.74. The number of carbonyl (C=O) groups is 2. The first-order valence-electron chi connectivity index (χ1n) is 13.6. The molecule has 0 fully saturated rings. The second-order valence-electron chi connectivity index (χ2n) is 8.23. The number of ether oxygens (including phenoxy) is 9. The van der Waals surface area contributed by atoms with Gasteiger partial charge >= 0.3 is 11.9 Å². The zero-order valence-electron chi connectivity index (χ0n) is 23.5. The van der Waals surface area contributed by atoms with Crippen LogP contribution in [0.25, 0.3) is 0 Å². The van der Waals surface area contributed by atoms with Crippen LogP contribution in [0.3, 0.4) is 0 Å². The Hall–Kier alpha value is -1.60. The number of hydrogen-bond donors (Lipinski definition) is 0. The lowest BCUT2D eigenvalue weighted by molar-refractivity contribution is -0.145. The van der Waals surface area contributed by atoms with E-state index >= 15 is 0 Å². The van der Waals surface area contributed by atoms with Gasteiger partial charge in [0.15, 0.2) is 0 Å². The first-order chi connectivity index (χ1) is 18.6. The molecule has 11 heteroatoms. The van der Waals surface area contributed by atoms with Gasteiger partial charge < -0.3 is 42.6 Å². The van der Waals surface area contributed by atoms with Crippen molar-refractivity contribution in [1.29, 1.82) is 0 Å². The third-order valence-corrected chi connectivity index (χ3v) is 4.77. The van der Waals surface area contributed by atoms with Crippen LogP contribution in [0.2, 0.25) is 0 Å². The van der Waals surface area contributed by atoms with E-state index in [0.717, 1.165) is 25.7 Å². The maximum Gasteiger partial charge on any atom is 0.333 e. The first kappa shape index (κ1) is 36.4. The van der Waals surface area contributed by atoms with Crippen molar-refractivity contribution < 1.29 is 52.2 Å². The molecule has 0 saturated carbocycles. The molecule has 0 aromatic heterocycles. The monoisotopic (exact) mass is 550 g/mol. The molecule has 0 aromatic rings. The standard InChI is InChI=1S/C27H50O11/c1-4-5-6-7-8-26(28)37-23-21-35-19-17-33-15-13-31-11-9-30-10-12-32-14-16-34-18-20-36-22-24-38-27(29)25(2)3/h2,4-24H2,1,3H3. The van der Waals surface area contributed by atoms with E-state index in [1.165, 1.54) is 0 Å². The topological polar surface area (TPSA) is 117 Å². The van der Waals surface area contributed by atoms with Crippen molar-refractivity contribution in [2.24, 2.45) is 0 Å². The van der Waals surface area contributed by atoms with Gasteiger partial charge in [-0.05, 0) is 13.3 Å². The highest BCUT2D eigenvalue weighted by Crippen LogP contribution is 2.03. The summed E-state index contributed by atoms with van der Waals surface area (Å²) >= 11 is 0. The fourth-order valence-corrected chi connectivity index (χ4v) is 2.72. The Morgan fingerprint density at radius 1 is 0.500 bits per heavy atom. The normalized spacial score (nSPS) is 11.0. The van der Waals surface area contributed by atoms with Crippen molar-refractivity contribution in [2.45, 2.75) is 46.0 Å². The summed E-state index contributed by atoms with van der Waals surface area (Å²) in [6.07, 6.45) is 4.75. The first-order valence-corrected chi connectivity index (χ1v) is 13.6. The van der Waals surface area contributed by atoms with Gasteiger partial charge in [-0.25, -0.2) is 4.79 Å². The van der Waals surface area contributed by atoms with E-state index in [9.17, 15) is 9.59 Å². The molecule has 0 aliphatic heterocycles. The fourth-order valence-electron chi connectivity index (χ4n) is 2.72. The van der Waals surface area contributed by atoms with Gasteiger partial charge in [0.1, 0.15) is 13.2 Å². The zero-order valence-corrected chi connectivity index (χ0v) is 23.5. The lowest BCUT2D eigenvalue weighted by Gasteiger charge is -2.09. The summed E-state index contributed by atoms with van der Waals surface area (Å²) in [5.41, 5.74) is 0.369. The van der Waals surface area contributed by atoms with E-state index in [4.69, 9.17) is 42.6 Å². The van der Waals surface area contributed by atoms with Gasteiger partial charge in [-0.2, -0.15) is 0 Å². The van der Waals surface area contributed by atoms with Gasteiger partial charge in [0.05, 0.1) is 92.5 Å². The average Bonchev–Trinajstić information content (AvgIpc) is 2.90. The number of rotatable bonds is 30. The Balaban J connectivity index is 3.12. The van der Waals surface area contributed by atoms with Crippen molar-refractivity contribution in [3.63, 3.8) is 0 Å². The Bertz CT molecular complexity index is 557. The molecule has 0 radical (unpaired) electrons. The van der Waals surface area contributed by atoms with E-state index in [0.29, 0.717) is 104 Å². The molecule has 224 valence electrons. The molecule has 0 bridgehead atoms. The van der Waals surface area contributed by atoms with Crippen LogP contribution in [0.15, 0.2) is 12.2 Å². The molecule has 0 amide bonds. The molecule has 0 heterocycles. The van der Waals surface area contributed by atoms with Crippen molar-refractivity contribution in [3.05, 3.63) is 12.2 Å². The second-order valence-corrected chi connectivity index (χ2v) is 8.23. The SMILES string of the molecule is C=C(C)C(=O)OCCOCCOCCOCCOCCOCCOCCOCCOC(=O)CCCCCC. The number of carbonyl (C=O) groups excluding carboxylic acids is 2. The highest BCUT2D eigenvalue weighted by molar-refractivity contribution is 5.86. The summed E-state index contributed by atoms with van der Waals surface area (Å²) in [7, 11) is 0. The molecular formula is C27H50O11. The number of esters is 2. The van der Waals surface area contributed by atoms with Crippen molar-refractivity contribution >= 4 is 11.9 Å². The quantitative estimate of drug-likeness (QED) is 0.0746. The molecule has 0 atom stereocenters. The highest BCUT2D eigenvalue weighted by Gasteiger charge is 2.03. The van der Waals surface area contributed by atoms with Crippen LogP contribution in [0.1, 0.15) is 46.0 Å². The van der Waals surface area contributed by atoms with Crippen molar-refractivity contribution in [1.82, 2.24) is 0 Å². The molecule has 38 heavy (non-hydrogen) atoms. The van der Waals surface area contributed by atoms with Gasteiger partial charge in [0.2, 0.25) is 0 Å². The molecule has 0 aliphatic rings. The largest absolute Gasteiger partial charge is 0.463 e. The minimum absolute atomic E-state index is 0.156. The maximum absolute atomic E-state index is 11.5. The Morgan fingerprint density at radius 2 is 0.842 bits per heavy atom. The van der Waals surface area contributed by atoms with E-state index < -0.39 is 5.97 Å². The molecule has 0 saturated heterocycles. The van der Waals surface area contributed by atoms with Crippen LogP contribution in [0.5, 0.6) is 0 Å². The lowest BCUT2D eigenvalue weighted by Crippen LogP contribution is -2.15. The van der Waals surface area contributed by atoms with E-state index in [2.05, 4.69) is 13.5 Å². The Kier molecular flexibility index (Phi) is 28.7. The Labute approximate surface area is 228 Å². The van der Waals surface area contributed by atoms with Crippen LogP contribution in [0.4, 0.5) is 0 Å². The second kappa shape index (κ2) is 29.9. The van der Waals surface area contributed by atoms with Gasteiger partial charge in [0, 0.05) is 12.0 Å². The average molecular weight is 551 g/mol. The number of hydrogen-bond acceptors (Lipinski definition) is 11. The highest BCUT2D eigenvalue weighted by atomic mass is 16.6. The minimum Gasteiger partial charge on any atom is -0.463 e. The predicted molar refractivity (Wildman–Crippen MR) is 141 cm³/mol. The molecule has 0 aromatic carbocycles. The van der Waals surface area contributed by atoms with Crippen LogP contribution in [0, 0.1) is 0 Å². The molecular weight excluding hydrogens is 500 g/mol. The molecule has 0 N–H and O–H groups in total. The van der Waals surface area contributed by atoms with Crippen LogP contribution in [-0.2, 0) is 52.2 Å². The summed E-state index contributed by atoms with van der Waals surface area (Å²) in [6.45, 7) is 14.0. The van der Waals surface area contributed by atoms with E-state index in [1.807, 2.05) is 0 Å². The summed E-state index contributed by atoms with van der Waals surface area (Å²) in [5.74, 6) is -0.569. The van der Waals surface area contributed by atoms with Crippen molar-refractivity contribution in [3.8, 4) is 0 Å². The fraction of sp³-hybridized carbons (Fsp3) is 0.852. The molecule has 0 unspecified atom stereocenters. The lowest BCUT2D eigenvalue weighted by atomic mass is 10.2. The van der Waals surface area contributed by atoms with Gasteiger partial charge in [-0.15, -0.1) is 0 Å². The smallest absolute Gasteiger partial charge is 0.333 e. The summed E-state index contributed by atoms with van der Waals surface area (Å²) in [6, 6.07) is 0. The zero-order chi connectivity index (χ0) is 27.9. The Morgan fingerprint density at radius 3 is 1.18 bits per heavy atom. The minimum atomic E-state index is -0.413. The third-order valence-electron chi connectivity index (χ3n) is 4.77. The summed E-state index contributed by atoms with van der Waals surface area (Å²) in [5, 5.41) is 0. The summed E-state index contributed by atoms with van der Waals surface area (Å²) < 4.78 is 47.8. The van der Waals surface area contributed by atoms with Crippen LogP contribution >= 0.6 is 0 Å². The van der Waals surface area contributed by atoms with E-state index in [1.54, 1.807) is 6.92 Å². The molecule has 0 aliphatic carbocycles. The van der Waals surface area contributed by atoms with Gasteiger partial charge in [-0.1, -0.05) is 32.8 Å². The maximum atomic E-state index is 11.5. The summed E-state index contributed by atoms with van der Waals surface area (Å²) in [4.78, 5) is 22.7. The van der Waals surface area contributed by atoms with Crippen LogP contribution < -0.4 is 0 Å². The van der Waals surface area contributed by atoms with Gasteiger partial charge in [0.25, 0.3) is 0 Å². The molecule has 11 nitrogen and oxygen atoms in total. The van der Waals surface area contributed by atoms with Gasteiger partial charge in [-0.3, -0.25) is 4.79 Å². The van der Waals surface area contributed by atoms with Crippen molar-refractivity contribution in [2.75, 3.05) is 106 Å². The van der Waals surface area contributed by atoms with Crippen LogP contribution in [-0.4, -0.2) is 118 Å². The number of unbranched alkanes of at least 4 members (excludes halogenated alkanes) is 3. The molecule has 0 spiro atoms. The molecule has 0 rings (SSSR count).